The highest BCUT2D eigenvalue weighted by Gasteiger charge is 2.47. The summed E-state index contributed by atoms with van der Waals surface area (Å²) in [6, 6.07) is 3.61. The first-order valence-electron chi connectivity index (χ1n) is 8.24. The Morgan fingerprint density at radius 1 is 1.39 bits per heavy atom. The number of carbonyl (C=O) groups is 1. The quantitative estimate of drug-likeness (QED) is 0.876. The van der Waals surface area contributed by atoms with E-state index in [4.69, 9.17) is 0 Å². The van der Waals surface area contributed by atoms with Gasteiger partial charge in [-0.05, 0) is 51.9 Å². The Hall–Kier alpha value is -1.66. The average molecular weight is 319 g/mol. The van der Waals surface area contributed by atoms with Crippen molar-refractivity contribution >= 4 is 11.8 Å². The molecule has 23 heavy (non-hydrogen) atoms. The Morgan fingerprint density at radius 3 is 2.87 bits per heavy atom. The molecule has 2 atom stereocenters. The number of nitrogens with zero attached hydrogens (tertiary/aromatic N) is 3. The summed E-state index contributed by atoms with van der Waals surface area (Å²) in [7, 11) is 2.10. The van der Waals surface area contributed by atoms with Crippen molar-refractivity contribution < 1.29 is 15.0 Å². The molecule has 3 rings (SSSR count). The van der Waals surface area contributed by atoms with Gasteiger partial charge in [0.2, 0.25) is 0 Å². The Morgan fingerprint density at radius 2 is 2.17 bits per heavy atom. The van der Waals surface area contributed by atoms with Crippen molar-refractivity contribution in [2.45, 2.75) is 32.2 Å². The zero-order chi connectivity index (χ0) is 16.6. The number of rotatable bonds is 3. The number of aliphatic hydroxyl groups is 1. The number of carboxylic acids is 1. The van der Waals surface area contributed by atoms with Crippen molar-refractivity contribution in [2.24, 2.45) is 5.41 Å². The van der Waals surface area contributed by atoms with E-state index < -0.39 is 5.97 Å². The molecule has 0 aliphatic carbocycles. The zero-order valence-corrected chi connectivity index (χ0v) is 13.8. The van der Waals surface area contributed by atoms with Gasteiger partial charge < -0.3 is 20.0 Å². The molecule has 6 nitrogen and oxygen atoms in total. The second kappa shape index (κ2) is 6.09. The number of pyridine rings is 1. The summed E-state index contributed by atoms with van der Waals surface area (Å²) in [6.07, 6.45) is 3.02. The number of likely N-dealkylation sites (tertiary alicyclic amines) is 1. The predicted octanol–water partition coefficient (Wildman–Crippen LogP) is 1.37. The van der Waals surface area contributed by atoms with Gasteiger partial charge in [0.05, 0.1) is 6.61 Å². The molecule has 6 heteroatoms. The monoisotopic (exact) mass is 319 g/mol. The molecule has 0 aromatic carbocycles. The summed E-state index contributed by atoms with van der Waals surface area (Å²) in [5.74, 6) is -0.383. The first-order chi connectivity index (χ1) is 11.0. The van der Waals surface area contributed by atoms with Crippen LogP contribution < -0.4 is 4.90 Å². The molecule has 1 aromatic rings. The number of anilines is 1. The van der Waals surface area contributed by atoms with E-state index in [9.17, 15) is 15.0 Å². The third-order valence-electron chi connectivity index (χ3n) is 5.56. The lowest BCUT2D eigenvalue weighted by atomic mass is 9.69. The van der Waals surface area contributed by atoms with Crippen molar-refractivity contribution in [1.29, 1.82) is 0 Å². The molecular formula is C17H25N3O3. The van der Waals surface area contributed by atoms with Crippen molar-refractivity contribution in [3.8, 4) is 0 Å². The SMILES string of the molecule is Cc1ccc(C(=O)O)c(N2CC[C@@]3(CO)CCCN(C)[C@@H]3C2)n1. The van der Waals surface area contributed by atoms with E-state index in [0.29, 0.717) is 12.4 Å². The van der Waals surface area contributed by atoms with E-state index in [1.165, 1.54) is 0 Å². The minimum Gasteiger partial charge on any atom is -0.478 e. The zero-order valence-electron chi connectivity index (χ0n) is 13.8. The number of hydrogen-bond acceptors (Lipinski definition) is 5. The van der Waals surface area contributed by atoms with Crippen LogP contribution in [0, 0.1) is 12.3 Å². The molecule has 2 N–H and O–H groups in total. The molecule has 2 aliphatic heterocycles. The van der Waals surface area contributed by atoms with E-state index in [2.05, 4.69) is 21.8 Å². The summed E-state index contributed by atoms with van der Waals surface area (Å²) in [5, 5.41) is 19.4. The van der Waals surface area contributed by atoms with E-state index >= 15 is 0 Å². The van der Waals surface area contributed by atoms with Crippen LogP contribution in [0.15, 0.2) is 12.1 Å². The summed E-state index contributed by atoms with van der Waals surface area (Å²) >= 11 is 0. The minimum absolute atomic E-state index is 0.0588. The molecule has 0 bridgehead atoms. The standard InChI is InChI=1S/C17H25N3O3/c1-12-4-5-13(16(22)23)15(18-12)20-9-7-17(11-21)6-3-8-19(2)14(17)10-20/h4-5,14,21H,3,6-11H2,1-2H3,(H,22,23)/t14-,17-/m1/s1. The lowest BCUT2D eigenvalue weighted by Crippen LogP contribution is -2.61. The van der Waals surface area contributed by atoms with Crippen molar-refractivity contribution in [2.75, 3.05) is 38.2 Å². The topological polar surface area (TPSA) is 76.9 Å². The third kappa shape index (κ3) is 2.81. The fraction of sp³-hybridized carbons (Fsp3) is 0.647. The van der Waals surface area contributed by atoms with Crippen LogP contribution in [0.3, 0.4) is 0 Å². The fourth-order valence-corrected chi connectivity index (χ4v) is 4.16. The number of hydrogen-bond donors (Lipinski definition) is 2. The van der Waals surface area contributed by atoms with Crippen LogP contribution in [0.1, 0.15) is 35.3 Å². The number of carboxylic acid groups (broad SMARTS) is 1. The molecule has 2 fully saturated rings. The van der Waals surface area contributed by atoms with Gasteiger partial charge in [-0.25, -0.2) is 9.78 Å². The van der Waals surface area contributed by atoms with Crippen molar-refractivity contribution in [3.05, 3.63) is 23.4 Å². The van der Waals surface area contributed by atoms with Crippen LogP contribution >= 0.6 is 0 Å². The first-order valence-corrected chi connectivity index (χ1v) is 8.24. The maximum atomic E-state index is 11.5. The molecule has 0 saturated carbocycles. The number of likely N-dealkylation sites (N-methyl/N-ethyl adjacent to an activating group) is 1. The maximum absolute atomic E-state index is 11.5. The fourth-order valence-electron chi connectivity index (χ4n) is 4.16. The summed E-state index contributed by atoms with van der Waals surface area (Å²) < 4.78 is 0. The Balaban J connectivity index is 1.92. The van der Waals surface area contributed by atoms with Crippen LogP contribution in [-0.2, 0) is 0 Å². The molecule has 1 aromatic heterocycles. The predicted molar refractivity (Wildman–Crippen MR) is 87.9 cm³/mol. The van der Waals surface area contributed by atoms with Gasteiger partial charge in [0.15, 0.2) is 0 Å². The van der Waals surface area contributed by atoms with E-state index in [1.807, 2.05) is 6.92 Å². The lowest BCUT2D eigenvalue weighted by Gasteiger charge is -2.53. The van der Waals surface area contributed by atoms with Crippen LogP contribution in [-0.4, -0.2) is 65.4 Å². The molecule has 2 saturated heterocycles. The Labute approximate surface area is 136 Å². The number of aromatic carboxylic acids is 1. The summed E-state index contributed by atoms with van der Waals surface area (Å²) in [5.41, 5.74) is 1.02. The van der Waals surface area contributed by atoms with Gasteiger partial charge in [-0.3, -0.25) is 0 Å². The molecular weight excluding hydrogens is 294 g/mol. The Bertz CT molecular complexity index is 607. The minimum atomic E-state index is -0.941. The lowest BCUT2D eigenvalue weighted by molar-refractivity contribution is -0.0277. The number of fused-ring (bicyclic) bond motifs is 1. The van der Waals surface area contributed by atoms with Gasteiger partial charge in [0.1, 0.15) is 11.4 Å². The molecule has 2 aliphatic rings. The highest BCUT2D eigenvalue weighted by atomic mass is 16.4. The van der Waals surface area contributed by atoms with Gasteiger partial charge >= 0.3 is 5.97 Å². The van der Waals surface area contributed by atoms with Crippen LogP contribution in [0.2, 0.25) is 0 Å². The summed E-state index contributed by atoms with van der Waals surface area (Å²) in [4.78, 5) is 20.4. The first kappa shape index (κ1) is 16.2. The average Bonchev–Trinajstić information content (AvgIpc) is 2.54. The van der Waals surface area contributed by atoms with Crippen LogP contribution in [0.25, 0.3) is 0 Å². The van der Waals surface area contributed by atoms with Gasteiger partial charge in [-0.1, -0.05) is 0 Å². The van der Waals surface area contributed by atoms with Gasteiger partial charge in [0.25, 0.3) is 0 Å². The second-order valence-corrected chi connectivity index (χ2v) is 6.95. The van der Waals surface area contributed by atoms with Crippen LogP contribution in [0.4, 0.5) is 5.82 Å². The third-order valence-corrected chi connectivity index (χ3v) is 5.56. The normalized spacial score (nSPS) is 28.5. The van der Waals surface area contributed by atoms with E-state index in [-0.39, 0.29) is 23.6 Å². The smallest absolute Gasteiger partial charge is 0.339 e. The number of aromatic nitrogens is 1. The van der Waals surface area contributed by atoms with Gasteiger partial charge in [-0.15, -0.1) is 0 Å². The number of aryl methyl sites for hydroxylation is 1. The molecule has 0 amide bonds. The van der Waals surface area contributed by atoms with E-state index in [1.54, 1.807) is 12.1 Å². The van der Waals surface area contributed by atoms with Crippen molar-refractivity contribution in [3.63, 3.8) is 0 Å². The van der Waals surface area contributed by atoms with E-state index in [0.717, 1.165) is 38.0 Å². The van der Waals surface area contributed by atoms with Gasteiger partial charge in [0, 0.05) is 30.2 Å². The highest BCUT2D eigenvalue weighted by molar-refractivity contribution is 5.93. The highest BCUT2D eigenvalue weighted by Crippen LogP contribution is 2.42. The molecule has 3 heterocycles. The molecule has 0 radical (unpaired) electrons. The molecule has 0 spiro atoms. The summed E-state index contributed by atoms with van der Waals surface area (Å²) in [6.45, 7) is 4.55. The van der Waals surface area contributed by atoms with Gasteiger partial charge in [-0.2, -0.15) is 0 Å². The molecule has 126 valence electrons. The maximum Gasteiger partial charge on any atom is 0.339 e. The molecule has 0 unspecified atom stereocenters. The Kier molecular flexibility index (Phi) is 4.29. The largest absolute Gasteiger partial charge is 0.478 e. The van der Waals surface area contributed by atoms with Crippen molar-refractivity contribution in [1.82, 2.24) is 9.88 Å². The second-order valence-electron chi connectivity index (χ2n) is 6.95. The number of piperidine rings is 2. The number of aliphatic hydroxyl groups excluding tert-OH is 1. The van der Waals surface area contributed by atoms with Crippen LogP contribution in [0.5, 0.6) is 0 Å².